The summed E-state index contributed by atoms with van der Waals surface area (Å²) in [5.41, 5.74) is 1.25. The highest BCUT2D eigenvalue weighted by molar-refractivity contribution is 5.43. The first kappa shape index (κ1) is 11.8. The molecule has 4 nitrogen and oxygen atoms in total. The Morgan fingerprint density at radius 2 is 2.11 bits per heavy atom. The molecule has 2 N–H and O–H groups in total. The molecule has 0 saturated carbocycles. The quantitative estimate of drug-likeness (QED) is 0.843. The Bertz CT molecular complexity index is 403. The Morgan fingerprint density at radius 3 is 2.94 bits per heavy atom. The molecule has 0 bridgehead atoms. The molecule has 1 fully saturated rings. The van der Waals surface area contributed by atoms with E-state index in [1.165, 1.54) is 18.4 Å². The monoisotopic (exact) mass is 248 g/mol. The van der Waals surface area contributed by atoms with E-state index in [1.807, 2.05) is 6.07 Å². The molecule has 3 rings (SSSR count). The van der Waals surface area contributed by atoms with Crippen molar-refractivity contribution in [3.63, 3.8) is 0 Å². The van der Waals surface area contributed by atoms with Crippen LogP contribution < -0.4 is 20.1 Å². The van der Waals surface area contributed by atoms with Gasteiger partial charge < -0.3 is 20.1 Å². The fourth-order valence-corrected chi connectivity index (χ4v) is 2.52. The van der Waals surface area contributed by atoms with Gasteiger partial charge in [-0.2, -0.15) is 0 Å². The van der Waals surface area contributed by atoms with Gasteiger partial charge in [-0.25, -0.2) is 0 Å². The smallest absolute Gasteiger partial charge is 0.161 e. The minimum Gasteiger partial charge on any atom is -0.486 e. The summed E-state index contributed by atoms with van der Waals surface area (Å²) in [6, 6.07) is 6.81. The third kappa shape index (κ3) is 2.76. The van der Waals surface area contributed by atoms with E-state index < -0.39 is 0 Å². The molecular formula is C14H20N2O2. The number of fused-ring (bicyclic) bond motifs is 1. The standard InChI is InChI=1S/C14H20N2O2/c1-2-12(16-5-1)10-15-9-11-3-4-13-14(8-11)18-7-6-17-13/h3-4,8,12,15-16H,1-2,5-7,9-10H2. The summed E-state index contributed by atoms with van der Waals surface area (Å²) in [5.74, 6) is 1.74. The number of ether oxygens (including phenoxy) is 2. The fourth-order valence-electron chi connectivity index (χ4n) is 2.52. The first-order valence-electron chi connectivity index (χ1n) is 6.74. The minimum atomic E-state index is 0.641. The van der Waals surface area contributed by atoms with Crippen LogP contribution in [0.3, 0.4) is 0 Å². The largest absolute Gasteiger partial charge is 0.486 e. The van der Waals surface area contributed by atoms with Crippen molar-refractivity contribution in [2.75, 3.05) is 26.3 Å². The molecule has 4 heteroatoms. The summed E-state index contributed by atoms with van der Waals surface area (Å²) in [6.45, 7) is 4.38. The molecule has 1 aromatic carbocycles. The second-order valence-electron chi connectivity index (χ2n) is 4.90. The number of nitrogens with one attached hydrogen (secondary N) is 2. The lowest BCUT2D eigenvalue weighted by molar-refractivity contribution is 0.171. The van der Waals surface area contributed by atoms with E-state index in [0.29, 0.717) is 19.3 Å². The van der Waals surface area contributed by atoms with Gasteiger partial charge in [0.15, 0.2) is 11.5 Å². The van der Waals surface area contributed by atoms with Crippen LogP contribution in [0, 0.1) is 0 Å². The summed E-state index contributed by atoms with van der Waals surface area (Å²) in [7, 11) is 0. The zero-order valence-corrected chi connectivity index (χ0v) is 10.6. The number of rotatable bonds is 4. The number of hydrogen-bond donors (Lipinski definition) is 2. The van der Waals surface area contributed by atoms with Gasteiger partial charge in [-0.05, 0) is 37.1 Å². The molecule has 2 heterocycles. The van der Waals surface area contributed by atoms with Crippen LogP contribution in [0.4, 0.5) is 0 Å². The third-order valence-electron chi connectivity index (χ3n) is 3.49. The predicted octanol–water partition coefficient (Wildman–Crippen LogP) is 1.30. The van der Waals surface area contributed by atoms with Gasteiger partial charge in [0.25, 0.3) is 0 Å². The lowest BCUT2D eigenvalue weighted by atomic mass is 10.2. The molecule has 98 valence electrons. The van der Waals surface area contributed by atoms with Crippen LogP contribution in [0.1, 0.15) is 18.4 Å². The zero-order valence-electron chi connectivity index (χ0n) is 10.6. The van der Waals surface area contributed by atoms with E-state index in [4.69, 9.17) is 9.47 Å². The van der Waals surface area contributed by atoms with Gasteiger partial charge in [-0.3, -0.25) is 0 Å². The summed E-state index contributed by atoms with van der Waals surface area (Å²) in [6.07, 6.45) is 2.59. The molecule has 1 unspecified atom stereocenters. The van der Waals surface area contributed by atoms with Gasteiger partial charge >= 0.3 is 0 Å². The first-order valence-corrected chi connectivity index (χ1v) is 6.74. The van der Waals surface area contributed by atoms with Crippen LogP contribution >= 0.6 is 0 Å². The minimum absolute atomic E-state index is 0.641. The first-order chi connectivity index (χ1) is 8.92. The van der Waals surface area contributed by atoms with Gasteiger partial charge in [0.05, 0.1) is 0 Å². The van der Waals surface area contributed by atoms with Crippen molar-refractivity contribution >= 4 is 0 Å². The predicted molar refractivity (Wildman–Crippen MR) is 70.2 cm³/mol. The molecule has 0 aliphatic carbocycles. The maximum Gasteiger partial charge on any atom is 0.161 e. The van der Waals surface area contributed by atoms with Crippen molar-refractivity contribution in [2.45, 2.75) is 25.4 Å². The molecule has 0 aromatic heterocycles. The van der Waals surface area contributed by atoms with Gasteiger partial charge in [-0.1, -0.05) is 6.07 Å². The second kappa shape index (κ2) is 5.59. The van der Waals surface area contributed by atoms with E-state index in [1.54, 1.807) is 0 Å². The maximum absolute atomic E-state index is 5.58. The molecule has 0 radical (unpaired) electrons. The van der Waals surface area contributed by atoms with Gasteiger partial charge in [0.2, 0.25) is 0 Å². The summed E-state index contributed by atoms with van der Waals surface area (Å²) < 4.78 is 11.1. The Labute approximate surface area is 108 Å². The normalized spacial score (nSPS) is 22.1. The van der Waals surface area contributed by atoms with Crippen LogP contribution in [-0.4, -0.2) is 32.3 Å². The second-order valence-corrected chi connectivity index (χ2v) is 4.90. The van der Waals surface area contributed by atoms with Crippen molar-refractivity contribution in [3.05, 3.63) is 23.8 Å². The Kier molecular flexibility index (Phi) is 3.67. The van der Waals surface area contributed by atoms with Crippen molar-refractivity contribution in [1.82, 2.24) is 10.6 Å². The van der Waals surface area contributed by atoms with E-state index in [2.05, 4.69) is 22.8 Å². The average Bonchev–Trinajstić information content (AvgIpc) is 2.92. The fraction of sp³-hybridized carbons (Fsp3) is 0.571. The molecule has 2 aliphatic rings. The van der Waals surface area contributed by atoms with Gasteiger partial charge in [0.1, 0.15) is 13.2 Å². The van der Waals surface area contributed by atoms with Crippen molar-refractivity contribution < 1.29 is 9.47 Å². The molecular weight excluding hydrogens is 228 g/mol. The van der Waals surface area contributed by atoms with E-state index in [-0.39, 0.29) is 0 Å². The van der Waals surface area contributed by atoms with E-state index in [0.717, 1.165) is 31.1 Å². The van der Waals surface area contributed by atoms with E-state index >= 15 is 0 Å². The maximum atomic E-state index is 5.58. The number of hydrogen-bond acceptors (Lipinski definition) is 4. The Morgan fingerprint density at radius 1 is 1.22 bits per heavy atom. The van der Waals surface area contributed by atoms with Gasteiger partial charge in [0, 0.05) is 19.1 Å². The van der Waals surface area contributed by atoms with Gasteiger partial charge in [-0.15, -0.1) is 0 Å². The zero-order chi connectivity index (χ0) is 12.2. The molecule has 1 aromatic rings. The highest BCUT2D eigenvalue weighted by Crippen LogP contribution is 2.30. The lowest BCUT2D eigenvalue weighted by Gasteiger charge is -2.19. The molecule has 1 atom stereocenters. The Balaban J connectivity index is 1.52. The lowest BCUT2D eigenvalue weighted by Crippen LogP contribution is -2.33. The number of benzene rings is 1. The average molecular weight is 248 g/mol. The van der Waals surface area contributed by atoms with Crippen LogP contribution in [0.5, 0.6) is 11.5 Å². The SMILES string of the molecule is c1cc2c(cc1CNCC1CCCN1)OCCO2. The van der Waals surface area contributed by atoms with Crippen molar-refractivity contribution in [3.8, 4) is 11.5 Å². The molecule has 18 heavy (non-hydrogen) atoms. The van der Waals surface area contributed by atoms with Crippen molar-refractivity contribution in [1.29, 1.82) is 0 Å². The highest BCUT2D eigenvalue weighted by Gasteiger charge is 2.14. The van der Waals surface area contributed by atoms with Crippen LogP contribution in [0.2, 0.25) is 0 Å². The van der Waals surface area contributed by atoms with Crippen LogP contribution in [-0.2, 0) is 6.54 Å². The van der Waals surface area contributed by atoms with Crippen molar-refractivity contribution in [2.24, 2.45) is 0 Å². The van der Waals surface area contributed by atoms with E-state index in [9.17, 15) is 0 Å². The summed E-state index contributed by atoms with van der Waals surface area (Å²) in [4.78, 5) is 0. The summed E-state index contributed by atoms with van der Waals surface area (Å²) >= 11 is 0. The Hall–Kier alpha value is -1.26. The molecule has 1 saturated heterocycles. The van der Waals surface area contributed by atoms with Crippen LogP contribution in [0.15, 0.2) is 18.2 Å². The topological polar surface area (TPSA) is 42.5 Å². The molecule has 2 aliphatic heterocycles. The molecule has 0 amide bonds. The highest BCUT2D eigenvalue weighted by atomic mass is 16.6. The third-order valence-corrected chi connectivity index (χ3v) is 3.49. The summed E-state index contributed by atoms with van der Waals surface area (Å²) in [5, 5.41) is 6.98. The van der Waals surface area contributed by atoms with Crippen LogP contribution in [0.25, 0.3) is 0 Å². The molecule has 0 spiro atoms.